The summed E-state index contributed by atoms with van der Waals surface area (Å²) in [6.07, 6.45) is 1.55. The molecule has 0 radical (unpaired) electrons. The van der Waals surface area contributed by atoms with Crippen LogP contribution >= 0.6 is 15.9 Å². The smallest absolute Gasteiger partial charge is 0.311 e. The fourth-order valence-electron chi connectivity index (χ4n) is 2.14. The normalized spacial score (nSPS) is 25.1. The van der Waals surface area contributed by atoms with Gasteiger partial charge in [-0.1, -0.05) is 28.9 Å². The number of alkyl halides is 1. The summed E-state index contributed by atoms with van der Waals surface area (Å²) in [5, 5.41) is 11.1. The van der Waals surface area contributed by atoms with Crippen LogP contribution in [0.1, 0.15) is 25.3 Å². The van der Waals surface area contributed by atoms with Gasteiger partial charge >= 0.3 is 5.69 Å². The molecule has 0 heterocycles. The predicted octanol–water partition coefficient (Wildman–Crippen LogP) is 3.61. The molecule has 0 saturated heterocycles. The Morgan fingerprint density at radius 3 is 2.85 bits per heavy atom. The van der Waals surface area contributed by atoms with Gasteiger partial charge in [0.15, 0.2) is 5.75 Å². The second-order valence-corrected chi connectivity index (χ2v) is 6.15. The quantitative estimate of drug-likeness (QED) is 0.449. The van der Waals surface area contributed by atoms with Crippen LogP contribution in [0, 0.1) is 17.0 Å². The van der Waals surface area contributed by atoms with Crippen molar-refractivity contribution in [2.24, 2.45) is 0 Å². The number of aryl methyl sites for hydroxylation is 1. The molecule has 0 aliphatic heterocycles. The fraction of sp³-hybridized carbons (Fsp3) is 0.571. The molecular formula is C14H18BrNO4. The van der Waals surface area contributed by atoms with Crippen LogP contribution in [0.4, 0.5) is 5.69 Å². The van der Waals surface area contributed by atoms with E-state index in [1.165, 1.54) is 6.07 Å². The highest BCUT2D eigenvalue weighted by Gasteiger charge is 2.43. The van der Waals surface area contributed by atoms with Gasteiger partial charge in [0.25, 0.3) is 0 Å². The van der Waals surface area contributed by atoms with E-state index in [1.807, 2.05) is 19.9 Å². The molecule has 0 bridgehead atoms. The second-order valence-electron chi connectivity index (χ2n) is 4.97. The summed E-state index contributed by atoms with van der Waals surface area (Å²) in [7, 11) is 0. The van der Waals surface area contributed by atoms with Crippen molar-refractivity contribution in [3.63, 3.8) is 0 Å². The van der Waals surface area contributed by atoms with E-state index in [1.54, 1.807) is 6.07 Å². The van der Waals surface area contributed by atoms with E-state index in [0.717, 1.165) is 18.4 Å². The lowest BCUT2D eigenvalue weighted by atomic mass is 9.91. The molecule has 3 unspecified atom stereocenters. The SMILES string of the molecule is CCCOC1C(Br)CC1Oc1ccc(C)cc1[N+](=O)[O-]. The maximum Gasteiger partial charge on any atom is 0.311 e. The molecule has 3 atom stereocenters. The standard InChI is InChI=1S/C14H18BrNO4/c1-3-6-19-14-10(15)8-13(14)20-12-5-4-9(2)7-11(12)16(17)18/h4-5,7,10,13-14H,3,6,8H2,1-2H3. The maximum atomic E-state index is 11.1. The molecule has 0 aromatic heterocycles. The Bertz CT molecular complexity index is 494. The molecule has 0 spiro atoms. The molecule has 1 fully saturated rings. The monoisotopic (exact) mass is 343 g/mol. The van der Waals surface area contributed by atoms with Gasteiger partial charge in [-0.2, -0.15) is 0 Å². The molecular weight excluding hydrogens is 326 g/mol. The number of rotatable bonds is 6. The number of nitrogens with zero attached hydrogens (tertiary/aromatic N) is 1. The molecule has 110 valence electrons. The van der Waals surface area contributed by atoms with Gasteiger partial charge in [0.1, 0.15) is 12.2 Å². The summed E-state index contributed by atoms with van der Waals surface area (Å²) < 4.78 is 11.5. The highest BCUT2D eigenvalue weighted by atomic mass is 79.9. The zero-order chi connectivity index (χ0) is 14.7. The first kappa shape index (κ1) is 15.3. The first-order chi connectivity index (χ1) is 9.52. The van der Waals surface area contributed by atoms with Crippen molar-refractivity contribution in [3.8, 4) is 5.75 Å². The van der Waals surface area contributed by atoms with Gasteiger partial charge in [0.05, 0.1) is 4.92 Å². The van der Waals surface area contributed by atoms with Gasteiger partial charge in [0, 0.05) is 23.9 Å². The first-order valence-electron chi connectivity index (χ1n) is 6.70. The highest BCUT2D eigenvalue weighted by molar-refractivity contribution is 9.09. The van der Waals surface area contributed by atoms with Crippen molar-refractivity contribution in [1.29, 1.82) is 0 Å². The van der Waals surface area contributed by atoms with Gasteiger partial charge in [-0.15, -0.1) is 0 Å². The number of halogens is 1. The summed E-state index contributed by atoms with van der Waals surface area (Å²) >= 11 is 3.53. The predicted molar refractivity (Wildman–Crippen MR) is 79.6 cm³/mol. The summed E-state index contributed by atoms with van der Waals surface area (Å²) in [5.41, 5.74) is 0.854. The molecule has 1 saturated carbocycles. The Balaban J connectivity index is 2.08. The third kappa shape index (κ3) is 3.30. The molecule has 0 N–H and O–H groups in total. The molecule has 2 rings (SSSR count). The van der Waals surface area contributed by atoms with E-state index < -0.39 is 4.92 Å². The Labute approximate surface area is 126 Å². The summed E-state index contributed by atoms with van der Waals surface area (Å²) in [6, 6.07) is 5.00. The van der Waals surface area contributed by atoms with Crippen molar-refractivity contribution >= 4 is 21.6 Å². The zero-order valence-electron chi connectivity index (χ0n) is 11.5. The van der Waals surface area contributed by atoms with Crippen LogP contribution in [0.5, 0.6) is 5.75 Å². The highest BCUT2D eigenvalue weighted by Crippen LogP contribution is 2.37. The van der Waals surface area contributed by atoms with Crippen LogP contribution in [0.25, 0.3) is 0 Å². The van der Waals surface area contributed by atoms with Crippen LogP contribution in [0.15, 0.2) is 18.2 Å². The van der Waals surface area contributed by atoms with Crippen molar-refractivity contribution in [2.45, 2.75) is 43.7 Å². The van der Waals surface area contributed by atoms with E-state index in [-0.39, 0.29) is 22.7 Å². The minimum absolute atomic E-state index is 0.0114. The van der Waals surface area contributed by atoms with Crippen molar-refractivity contribution in [2.75, 3.05) is 6.61 Å². The number of benzene rings is 1. The fourth-order valence-corrected chi connectivity index (χ4v) is 3.00. The molecule has 20 heavy (non-hydrogen) atoms. The zero-order valence-corrected chi connectivity index (χ0v) is 13.1. The van der Waals surface area contributed by atoms with E-state index in [2.05, 4.69) is 15.9 Å². The van der Waals surface area contributed by atoms with Crippen LogP contribution in [0.3, 0.4) is 0 Å². The van der Waals surface area contributed by atoms with Crippen molar-refractivity contribution in [1.82, 2.24) is 0 Å². The lowest BCUT2D eigenvalue weighted by molar-refractivity contribution is -0.386. The second kappa shape index (κ2) is 6.54. The van der Waals surface area contributed by atoms with E-state index in [4.69, 9.17) is 9.47 Å². The summed E-state index contributed by atoms with van der Waals surface area (Å²) in [5.74, 6) is 0.315. The number of hydrogen-bond donors (Lipinski definition) is 0. The van der Waals surface area contributed by atoms with Gasteiger partial charge in [-0.25, -0.2) is 0 Å². The van der Waals surface area contributed by atoms with Gasteiger partial charge in [0.2, 0.25) is 0 Å². The number of nitro groups is 1. The van der Waals surface area contributed by atoms with E-state index >= 15 is 0 Å². The lowest BCUT2D eigenvalue weighted by Gasteiger charge is -2.40. The van der Waals surface area contributed by atoms with E-state index in [0.29, 0.717) is 12.4 Å². The summed E-state index contributed by atoms with van der Waals surface area (Å²) in [4.78, 5) is 10.9. The largest absolute Gasteiger partial charge is 0.481 e. The molecule has 1 aliphatic carbocycles. The average Bonchev–Trinajstić information content (AvgIpc) is 2.40. The Morgan fingerprint density at radius 1 is 1.50 bits per heavy atom. The minimum atomic E-state index is -0.408. The number of ether oxygens (including phenoxy) is 2. The van der Waals surface area contributed by atoms with Crippen LogP contribution in [-0.2, 0) is 4.74 Å². The van der Waals surface area contributed by atoms with Crippen LogP contribution < -0.4 is 4.74 Å². The average molecular weight is 344 g/mol. The lowest BCUT2D eigenvalue weighted by Crippen LogP contribution is -2.52. The molecule has 1 aromatic carbocycles. The van der Waals surface area contributed by atoms with Crippen LogP contribution in [-0.4, -0.2) is 28.6 Å². The number of hydrogen-bond acceptors (Lipinski definition) is 4. The maximum absolute atomic E-state index is 11.1. The topological polar surface area (TPSA) is 61.6 Å². The third-order valence-electron chi connectivity index (χ3n) is 3.28. The first-order valence-corrected chi connectivity index (χ1v) is 7.62. The van der Waals surface area contributed by atoms with Crippen molar-refractivity contribution in [3.05, 3.63) is 33.9 Å². The summed E-state index contributed by atoms with van der Waals surface area (Å²) in [6.45, 7) is 4.53. The molecule has 1 aliphatic rings. The Kier molecular flexibility index (Phi) is 4.99. The molecule has 6 heteroatoms. The van der Waals surface area contributed by atoms with E-state index in [9.17, 15) is 10.1 Å². The minimum Gasteiger partial charge on any atom is -0.481 e. The van der Waals surface area contributed by atoms with Crippen molar-refractivity contribution < 1.29 is 14.4 Å². The third-order valence-corrected chi connectivity index (χ3v) is 4.18. The Morgan fingerprint density at radius 2 is 2.25 bits per heavy atom. The van der Waals surface area contributed by atoms with Crippen LogP contribution in [0.2, 0.25) is 0 Å². The molecule has 0 amide bonds. The van der Waals surface area contributed by atoms with Gasteiger partial charge in [-0.05, 0) is 25.0 Å². The Hall–Kier alpha value is -1.14. The van der Waals surface area contributed by atoms with Gasteiger partial charge < -0.3 is 9.47 Å². The molecule has 1 aromatic rings. The molecule has 5 nitrogen and oxygen atoms in total. The van der Waals surface area contributed by atoms with Gasteiger partial charge in [-0.3, -0.25) is 10.1 Å². The number of nitro benzene ring substituents is 1.